The van der Waals surface area contributed by atoms with Crippen molar-refractivity contribution >= 4 is 54.5 Å². The molecule has 146 valence electrons. The summed E-state index contributed by atoms with van der Waals surface area (Å²) < 4.78 is 2.22. The van der Waals surface area contributed by atoms with Gasteiger partial charge in [-0.3, -0.25) is 0 Å². The fourth-order valence-electron chi connectivity index (χ4n) is 2.42. The van der Waals surface area contributed by atoms with Crippen LogP contribution in [-0.2, 0) is 0 Å². The maximum atomic E-state index is 4.35. The van der Waals surface area contributed by atoms with Gasteiger partial charge in [-0.15, -0.1) is 10.2 Å². The van der Waals surface area contributed by atoms with Gasteiger partial charge in [0.25, 0.3) is 0 Å². The molecule has 0 spiro atoms. The third-order valence-electron chi connectivity index (χ3n) is 4.34. The highest BCUT2D eigenvalue weighted by Crippen LogP contribution is 2.41. The van der Waals surface area contributed by atoms with Gasteiger partial charge >= 0.3 is 0 Å². The molecule has 0 aliphatic rings. The smallest absolute Gasteiger partial charge is 0.130 e. The fraction of sp³-hybridized carbons (Fsp3) is 0.889. The Balaban J connectivity index is 2.22. The van der Waals surface area contributed by atoms with Gasteiger partial charge in [-0.25, -0.2) is 0 Å². The summed E-state index contributed by atoms with van der Waals surface area (Å²) in [4.78, 5) is 0. The molecule has 1 heterocycles. The Bertz CT molecular complexity index is 391. The Morgan fingerprint density at radius 2 is 1.20 bits per heavy atom. The van der Waals surface area contributed by atoms with E-state index in [0.717, 1.165) is 20.5 Å². The Morgan fingerprint density at radius 3 is 1.56 bits per heavy atom. The third kappa shape index (κ3) is 11.4. The van der Waals surface area contributed by atoms with Crippen molar-refractivity contribution < 1.29 is 0 Å². The lowest BCUT2D eigenvalue weighted by Crippen LogP contribution is -2.00. The molecule has 0 aromatic carbocycles. The normalized spacial score (nSPS) is 13.9. The van der Waals surface area contributed by atoms with Crippen LogP contribution in [0.3, 0.4) is 0 Å². The van der Waals surface area contributed by atoms with Gasteiger partial charge in [-0.1, -0.05) is 99.1 Å². The van der Waals surface area contributed by atoms with E-state index in [2.05, 4.69) is 37.9 Å². The highest BCUT2D eigenvalue weighted by molar-refractivity contribution is 8.77. The molecule has 1 aromatic rings. The molecule has 1 rings (SSSR count). The number of rotatable bonds is 16. The zero-order valence-electron chi connectivity index (χ0n) is 16.2. The second-order valence-corrected chi connectivity index (χ2v) is 12.6. The topological polar surface area (TPSA) is 25.8 Å². The quantitative estimate of drug-likeness (QED) is 0.240. The van der Waals surface area contributed by atoms with Crippen LogP contribution in [0.5, 0.6) is 0 Å². The summed E-state index contributed by atoms with van der Waals surface area (Å²) in [5.41, 5.74) is 0. The van der Waals surface area contributed by atoms with Crippen molar-refractivity contribution in [3.63, 3.8) is 0 Å². The van der Waals surface area contributed by atoms with Gasteiger partial charge in [-0.2, -0.15) is 0 Å². The lowest BCUT2D eigenvalue weighted by molar-refractivity contribution is 0.500. The Labute approximate surface area is 175 Å². The molecule has 0 amide bonds. The molecule has 0 aliphatic carbocycles. The molecule has 0 radical (unpaired) electrons. The molecular formula is C18H34N2S5. The average molecular weight is 439 g/mol. The molecule has 0 aliphatic heterocycles. The van der Waals surface area contributed by atoms with Crippen LogP contribution in [0.2, 0.25) is 0 Å². The molecular weight excluding hydrogens is 405 g/mol. The molecule has 0 saturated carbocycles. The second kappa shape index (κ2) is 16.0. The van der Waals surface area contributed by atoms with E-state index in [0.29, 0.717) is 0 Å². The van der Waals surface area contributed by atoms with Crippen molar-refractivity contribution in [1.82, 2.24) is 10.2 Å². The summed E-state index contributed by atoms with van der Waals surface area (Å²) in [6, 6.07) is 0. The van der Waals surface area contributed by atoms with Crippen LogP contribution in [-0.4, -0.2) is 21.7 Å². The molecule has 25 heavy (non-hydrogen) atoms. The van der Waals surface area contributed by atoms with Crippen molar-refractivity contribution in [3.8, 4) is 0 Å². The van der Waals surface area contributed by atoms with E-state index in [4.69, 9.17) is 0 Å². The van der Waals surface area contributed by atoms with Gasteiger partial charge < -0.3 is 0 Å². The van der Waals surface area contributed by atoms with Crippen molar-refractivity contribution in [2.24, 2.45) is 11.8 Å². The monoisotopic (exact) mass is 438 g/mol. The van der Waals surface area contributed by atoms with Crippen LogP contribution in [0.4, 0.5) is 0 Å². The molecule has 0 fully saturated rings. The van der Waals surface area contributed by atoms with Crippen molar-refractivity contribution in [1.29, 1.82) is 0 Å². The van der Waals surface area contributed by atoms with Gasteiger partial charge in [0.05, 0.1) is 0 Å². The molecule has 2 atom stereocenters. The molecule has 1 aromatic heterocycles. The standard InChI is InChI=1S/C18H34N2S5/c1-5-9-11-15(7-3)13-21-24-17-19-20-18(23-17)25-22-14-16(8-4)12-10-6-2/h15-16H,5-14H2,1-4H3. The van der Waals surface area contributed by atoms with Gasteiger partial charge in [0.1, 0.15) is 0 Å². The summed E-state index contributed by atoms with van der Waals surface area (Å²) in [5, 5.41) is 8.69. The van der Waals surface area contributed by atoms with Crippen LogP contribution in [0, 0.1) is 11.8 Å². The van der Waals surface area contributed by atoms with E-state index >= 15 is 0 Å². The Kier molecular flexibility index (Phi) is 15.3. The first-order valence-corrected chi connectivity index (χ1v) is 15.1. The largest absolute Gasteiger partial charge is 0.185 e. The zero-order valence-corrected chi connectivity index (χ0v) is 20.2. The van der Waals surface area contributed by atoms with Gasteiger partial charge in [0, 0.05) is 11.5 Å². The van der Waals surface area contributed by atoms with E-state index in [1.54, 1.807) is 11.3 Å². The third-order valence-corrected chi connectivity index (χ3v) is 10.9. The highest BCUT2D eigenvalue weighted by atomic mass is 33.1. The minimum absolute atomic E-state index is 0.851. The predicted octanol–water partition coefficient (Wildman–Crippen LogP) is 8.45. The van der Waals surface area contributed by atoms with E-state index in [1.807, 2.05) is 43.2 Å². The number of aromatic nitrogens is 2. The Morgan fingerprint density at radius 1 is 0.760 bits per heavy atom. The van der Waals surface area contributed by atoms with Gasteiger partial charge in [0.2, 0.25) is 0 Å². The van der Waals surface area contributed by atoms with Gasteiger partial charge in [0.15, 0.2) is 8.68 Å². The number of hydrogen-bond acceptors (Lipinski definition) is 7. The number of nitrogens with zero attached hydrogens (tertiary/aromatic N) is 2. The number of unbranched alkanes of at least 4 members (excludes halogenated alkanes) is 2. The summed E-state index contributed by atoms with van der Waals surface area (Å²) in [5.74, 6) is 4.16. The maximum Gasteiger partial charge on any atom is 0.185 e. The molecule has 0 saturated heterocycles. The first-order chi connectivity index (χ1) is 12.2. The molecule has 2 nitrogen and oxygen atoms in total. The predicted molar refractivity (Wildman–Crippen MR) is 123 cm³/mol. The summed E-state index contributed by atoms with van der Waals surface area (Å²) in [7, 11) is 7.53. The van der Waals surface area contributed by atoms with Crippen LogP contribution in [0.1, 0.15) is 79.1 Å². The van der Waals surface area contributed by atoms with E-state index in [9.17, 15) is 0 Å². The van der Waals surface area contributed by atoms with Gasteiger partial charge in [-0.05, 0) is 46.3 Å². The lowest BCUT2D eigenvalue weighted by atomic mass is 10.0. The summed E-state index contributed by atoms with van der Waals surface area (Å²) in [6.45, 7) is 9.18. The molecule has 7 heteroatoms. The molecule has 2 unspecified atom stereocenters. The Hall–Kier alpha value is 0.960. The van der Waals surface area contributed by atoms with Crippen LogP contribution < -0.4 is 0 Å². The first kappa shape index (κ1) is 24.0. The van der Waals surface area contributed by atoms with Crippen molar-refractivity contribution in [2.45, 2.75) is 87.7 Å². The average Bonchev–Trinajstić information content (AvgIpc) is 3.08. The highest BCUT2D eigenvalue weighted by Gasteiger charge is 2.11. The summed E-state index contributed by atoms with van der Waals surface area (Å²) >= 11 is 1.75. The fourth-order valence-corrected chi connectivity index (χ4v) is 9.16. The minimum Gasteiger partial charge on any atom is -0.130 e. The van der Waals surface area contributed by atoms with Crippen molar-refractivity contribution in [3.05, 3.63) is 0 Å². The molecule has 0 bridgehead atoms. The van der Waals surface area contributed by atoms with Crippen LogP contribution in [0.15, 0.2) is 8.68 Å². The van der Waals surface area contributed by atoms with E-state index in [-0.39, 0.29) is 0 Å². The molecule has 0 N–H and O–H groups in total. The number of hydrogen-bond donors (Lipinski definition) is 0. The maximum absolute atomic E-state index is 4.35. The first-order valence-electron chi connectivity index (χ1n) is 9.65. The summed E-state index contributed by atoms with van der Waals surface area (Å²) in [6.07, 6.45) is 10.6. The minimum atomic E-state index is 0.851. The van der Waals surface area contributed by atoms with E-state index in [1.165, 1.54) is 62.9 Å². The van der Waals surface area contributed by atoms with E-state index < -0.39 is 0 Å². The van der Waals surface area contributed by atoms with Crippen molar-refractivity contribution in [2.75, 3.05) is 11.5 Å². The zero-order chi connectivity index (χ0) is 18.3. The second-order valence-electron chi connectivity index (χ2n) is 6.40. The van der Waals surface area contributed by atoms with Crippen LogP contribution in [0.25, 0.3) is 0 Å². The van der Waals surface area contributed by atoms with Crippen LogP contribution >= 0.6 is 54.5 Å². The SMILES string of the molecule is CCCCC(CC)CSSc1nnc(SSCC(CC)CCCC)s1. The lowest BCUT2D eigenvalue weighted by Gasteiger charge is -2.12.